The average Bonchev–Trinajstić information content (AvgIpc) is 2.06. The molecule has 0 aliphatic carbocycles. The summed E-state index contributed by atoms with van der Waals surface area (Å²) in [4.78, 5) is 0. The molecule has 1 rings (SSSR count). The fourth-order valence-corrected chi connectivity index (χ4v) is 1.48. The van der Waals surface area contributed by atoms with E-state index in [2.05, 4.69) is 0 Å². The van der Waals surface area contributed by atoms with Crippen LogP contribution in [0.3, 0.4) is 0 Å². The second-order valence-electron chi connectivity index (χ2n) is 3.23. The SMILES string of the molecule is NC(CO)CC1CCOCC1. The number of ether oxygens (including phenoxy) is 1. The van der Waals surface area contributed by atoms with Crippen molar-refractivity contribution in [1.82, 2.24) is 0 Å². The summed E-state index contributed by atoms with van der Waals surface area (Å²) in [5.74, 6) is 0.672. The molecule has 3 nitrogen and oxygen atoms in total. The third-order valence-electron chi connectivity index (χ3n) is 2.21. The van der Waals surface area contributed by atoms with Gasteiger partial charge in [-0.2, -0.15) is 0 Å². The molecular formula is C8H17NO2. The second kappa shape index (κ2) is 4.70. The van der Waals surface area contributed by atoms with Gasteiger partial charge < -0.3 is 15.6 Å². The minimum Gasteiger partial charge on any atom is -0.395 e. The van der Waals surface area contributed by atoms with Crippen LogP contribution < -0.4 is 5.73 Å². The van der Waals surface area contributed by atoms with Crippen LogP contribution in [0.2, 0.25) is 0 Å². The van der Waals surface area contributed by atoms with Gasteiger partial charge in [0.15, 0.2) is 0 Å². The van der Waals surface area contributed by atoms with Gasteiger partial charge in [-0.3, -0.25) is 0 Å². The fraction of sp³-hybridized carbons (Fsp3) is 1.00. The van der Waals surface area contributed by atoms with Gasteiger partial charge in [0, 0.05) is 19.3 Å². The zero-order valence-corrected chi connectivity index (χ0v) is 6.83. The maximum absolute atomic E-state index is 8.71. The summed E-state index contributed by atoms with van der Waals surface area (Å²) in [6.45, 7) is 1.84. The standard InChI is InChI=1S/C8H17NO2/c9-8(6-10)5-7-1-3-11-4-2-7/h7-8,10H,1-6,9H2. The number of rotatable bonds is 3. The Kier molecular flexibility index (Phi) is 3.83. The molecule has 1 unspecified atom stereocenters. The topological polar surface area (TPSA) is 55.5 Å². The van der Waals surface area contributed by atoms with Crippen molar-refractivity contribution in [2.75, 3.05) is 19.8 Å². The molecule has 66 valence electrons. The molecule has 0 spiro atoms. The lowest BCUT2D eigenvalue weighted by Crippen LogP contribution is -2.29. The quantitative estimate of drug-likeness (QED) is 0.615. The molecule has 0 saturated carbocycles. The highest BCUT2D eigenvalue weighted by atomic mass is 16.5. The Hall–Kier alpha value is -0.120. The van der Waals surface area contributed by atoms with E-state index in [4.69, 9.17) is 15.6 Å². The van der Waals surface area contributed by atoms with Crippen molar-refractivity contribution in [2.45, 2.75) is 25.3 Å². The molecule has 1 aliphatic rings. The normalized spacial score (nSPS) is 23.5. The van der Waals surface area contributed by atoms with Crippen molar-refractivity contribution in [3.05, 3.63) is 0 Å². The number of nitrogens with two attached hydrogens (primary N) is 1. The van der Waals surface area contributed by atoms with Crippen LogP contribution in [-0.4, -0.2) is 31.0 Å². The Bertz CT molecular complexity index is 102. The summed E-state index contributed by atoms with van der Waals surface area (Å²) in [6, 6.07) is -0.0295. The summed E-state index contributed by atoms with van der Waals surface area (Å²) in [5.41, 5.74) is 5.61. The summed E-state index contributed by atoms with van der Waals surface area (Å²) < 4.78 is 5.21. The van der Waals surface area contributed by atoms with E-state index in [1.807, 2.05) is 0 Å². The van der Waals surface area contributed by atoms with Crippen LogP contribution in [-0.2, 0) is 4.74 Å². The van der Waals surface area contributed by atoms with Gasteiger partial charge in [-0.15, -0.1) is 0 Å². The number of hydrogen-bond acceptors (Lipinski definition) is 3. The maximum Gasteiger partial charge on any atom is 0.0582 e. The first kappa shape index (κ1) is 8.97. The zero-order valence-electron chi connectivity index (χ0n) is 6.83. The molecule has 0 aromatic carbocycles. The Morgan fingerprint density at radius 2 is 2.09 bits per heavy atom. The van der Waals surface area contributed by atoms with Crippen molar-refractivity contribution >= 4 is 0 Å². The summed E-state index contributed by atoms with van der Waals surface area (Å²) >= 11 is 0. The molecular weight excluding hydrogens is 142 g/mol. The summed E-state index contributed by atoms with van der Waals surface area (Å²) in [5, 5.41) is 8.71. The van der Waals surface area contributed by atoms with Crippen LogP contribution in [0.25, 0.3) is 0 Å². The Balaban J connectivity index is 2.13. The largest absolute Gasteiger partial charge is 0.395 e. The predicted molar refractivity (Wildman–Crippen MR) is 43.2 cm³/mol. The molecule has 3 N–H and O–H groups in total. The lowest BCUT2D eigenvalue weighted by molar-refractivity contribution is 0.0595. The van der Waals surface area contributed by atoms with Gasteiger partial charge in [-0.25, -0.2) is 0 Å². The third kappa shape index (κ3) is 3.18. The van der Waals surface area contributed by atoms with Gasteiger partial charge in [0.25, 0.3) is 0 Å². The van der Waals surface area contributed by atoms with Gasteiger partial charge in [-0.05, 0) is 25.2 Å². The second-order valence-corrected chi connectivity index (χ2v) is 3.23. The van der Waals surface area contributed by atoms with Crippen LogP contribution in [0.5, 0.6) is 0 Å². The molecule has 1 fully saturated rings. The predicted octanol–water partition coefficient (Wildman–Crippen LogP) is 0.123. The van der Waals surface area contributed by atoms with Crippen molar-refractivity contribution in [3.63, 3.8) is 0 Å². The molecule has 11 heavy (non-hydrogen) atoms. The Labute approximate surface area is 67.5 Å². The molecule has 0 radical (unpaired) electrons. The summed E-state index contributed by atoms with van der Waals surface area (Å²) in [6.07, 6.45) is 3.15. The molecule has 1 aliphatic heterocycles. The van der Waals surface area contributed by atoms with Crippen LogP contribution >= 0.6 is 0 Å². The Morgan fingerprint density at radius 1 is 1.45 bits per heavy atom. The monoisotopic (exact) mass is 159 g/mol. The number of aliphatic hydroxyl groups is 1. The lowest BCUT2D eigenvalue weighted by atomic mass is 9.93. The minimum absolute atomic E-state index is 0.0295. The van der Waals surface area contributed by atoms with Crippen LogP contribution in [0.15, 0.2) is 0 Å². The van der Waals surface area contributed by atoms with Gasteiger partial charge in [0.2, 0.25) is 0 Å². The molecule has 1 atom stereocenters. The van der Waals surface area contributed by atoms with E-state index >= 15 is 0 Å². The molecule has 0 aromatic rings. The highest BCUT2D eigenvalue weighted by Crippen LogP contribution is 2.19. The lowest BCUT2D eigenvalue weighted by Gasteiger charge is -2.23. The van der Waals surface area contributed by atoms with E-state index in [0.717, 1.165) is 32.5 Å². The molecule has 1 heterocycles. The molecule has 1 saturated heterocycles. The maximum atomic E-state index is 8.71. The summed E-state index contributed by atoms with van der Waals surface area (Å²) in [7, 11) is 0. The van der Waals surface area contributed by atoms with Gasteiger partial charge in [0.1, 0.15) is 0 Å². The highest BCUT2D eigenvalue weighted by molar-refractivity contribution is 4.69. The van der Waals surface area contributed by atoms with E-state index in [1.54, 1.807) is 0 Å². The molecule has 0 bridgehead atoms. The van der Waals surface area contributed by atoms with Gasteiger partial charge in [0.05, 0.1) is 6.61 Å². The van der Waals surface area contributed by atoms with E-state index in [1.165, 1.54) is 0 Å². The highest BCUT2D eigenvalue weighted by Gasteiger charge is 2.16. The minimum atomic E-state index is -0.0295. The van der Waals surface area contributed by atoms with Gasteiger partial charge >= 0.3 is 0 Å². The van der Waals surface area contributed by atoms with E-state index in [-0.39, 0.29) is 12.6 Å². The zero-order chi connectivity index (χ0) is 8.10. The first-order chi connectivity index (χ1) is 5.33. The van der Waals surface area contributed by atoms with Crippen LogP contribution in [0.1, 0.15) is 19.3 Å². The molecule has 0 aromatic heterocycles. The first-order valence-corrected chi connectivity index (χ1v) is 4.27. The van der Waals surface area contributed by atoms with Crippen LogP contribution in [0.4, 0.5) is 0 Å². The first-order valence-electron chi connectivity index (χ1n) is 4.27. The van der Waals surface area contributed by atoms with Crippen LogP contribution in [0, 0.1) is 5.92 Å². The third-order valence-corrected chi connectivity index (χ3v) is 2.21. The van der Waals surface area contributed by atoms with Crippen molar-refractivity contribution < 1.29 is 9.84 Å². The molecule has 3 heteroatoms. The number of hydrogen-bond donors (Lipinski definition) is 2. The number of aliphatic hydroxyl groups excluding tert-OH is 1. The fourth-order valence-electron chi connectivity index (χ4n) is 1.48. The van der Waals surface area contributed by atoms with E-state index in [9.17, 15) is 0 Å². The van der Waals surface area contributed by atoms with Gasteiger partial charge in [-0.1, -0.05) is 0 Å². The van der Waals surface area contributed by atoms with Crippen molar-refractivity contribution in [1.29, 1.82) is 0 Å². The average molecular weight is 159 g/mol. The molecule has 0 amide bonds. The van der Waals surface area contributed by atoms with E-state index < -0.39 is 0 Å². The Morgan fingerprint density at radius 3 is 2.64 bits per heavy atom. The van der Waals surface area contributed by atoms with E-state index in [0.29, 0.717) is 5.92 Å². The van der Waals surface area contributed by atoms with Crippen molar-refractivity contribution in [2.24, 2.45) is 11.7 Å². The van der Waals surface area contributed by atoms with Crippen molar-refractivity contribution in [3.8, 4) is 0 Å². The smallest absolute Gasteiger partial charge is 0.0582 e.